The molecule has 0 heterocycles. The molecule has 0 fully saturated rings. The number of phenolic OH excluding ortho intramolecular Hbond substituents is 1. The second kappa shape index (κ2) is 9.34. The molecule has 4 heteroatoms. The van der Waals surface area contributed by atoms with Crippen molar-refractivity contribution in [3.8, 4) is 5.75 Å². The fraction of sp³-hybridized carbons (Fsp3) is 0.118. The largest absolute Gasteiger partial charge is 0.508 e. The summed E-state index contributed by atoms with van der Waals surface area (Å²) in [5.41, 5.74) is 1.38. The van der Waals surface area contributed by atoms with Crippen LogP contribution in [0.15, 0.2) is 67.3 Å². The number of ether oxygens (including phenoxy) is 1. The summed E-state index contributed by atoms with van der Waals surface area (Å²) in [5.74, 6) is -0.292. The number of benzene rings is 2. The van der Waals surface area contributed by atoms with E-state index >= 15 is 0 Å². The van der Waals surface area contributed by atoms with Gasteiger partial charge in [0.25, 0.3) is 0 Å². The molecule has 110 valence electrons. The molecule has 0 aliphatic rings. The molecule has 2 aromatic rings. The van der Waals surface area contributed by atoms with Gasteiger partial charge in [0, 0.05) is 0 Å². The number of esters is 1. The van der Waals surface area contributed by atoms with Crippen LogP contribution in [0.4, 0.5) is 0 Å². The van der Waals surface area contributed by atoms with E-state index in [4.69, 9.17) is 14.9 Å². The van der Waals surface area contributed by atoms with E-state index in [1.807, 2.05) is 30.3 Å². The number of hydrogen-bond donors (Lipinski definition) is 2. The van der Waals surface area contributed by atoms with Gasteiger partial charge < -0.3 is 14.9 Å². The van der Waals surface area contributed by atoms with Gasteiger partial charge in [0.15, 0.2) is 0 Å². The Balaban J connectivity index is 0.000000235. The Hall–Kier alpha value is -2.59. The molecule has 0 spiro atoms. The molecule has 2 aromatic carbocycles. The smallest absolute Gasteiger partial charge is 0.338 e. The van der Waals surface area contributed by atoms with Crippen LogP contribution in [-0.4, -0.2) is 22.8 Å². The van der Waals surface area contributed by atoms with Crippen LogP contribution in [0.3, 0.4) is 0 Å². The number of carbonyl (C=O) groups excluding carboxylic acids is 1. The average Bonchev–Trinajstić information content (AvgIpc) is 2.54. The number of aromatic hydroxyl groups is 1. The fourth-order valence-electron chi connectivity index (χ4n) is 1.40. The average molecular weight is 286 g/mol. The van der Waals surface area contributed by atoms with Crippen molar-refractivity contribution in [2.45, 2.75) is 6.61 Å². The van der Waals surface area contributed by atoms with Crippen LogP contribution in [0.1, 0.15) is 15.9 Å². The van der Waals surface area contributed by atoms with Crippen LogP contribution in [-0.2, 0) is 11.3 Å². The van der Waals surface area contributed by atoms with Gasteiger partial charge in [-0.05, 0) is 29.8 Å². The Labute approximate surface area is 123 Å². The summed E-state index contributed by atoms with van der Waals surface area (Å²) in [6, 6.07) is 15.4. The highest BCUT2D eigenvalue weighted by molar-refractivity contribution is 5.89. The lowest BCUT2D eigenvalue weighted by Gasteiger charge is -2.00. The Bertz CT molecular complexity index is 547. The molecule has 0 aliphatic carbocycles. The van der Waals surface area contributed by atoms with Crippen molar-refractivity contribution < 1.29 is 19.7 Å². The van der Waals surface area contributed by atoms with Crippen LogP contribution >= 0.6 is 0 Å². The summed E-state index contributed by atoms with van der Waals surface area (Å²) in [6.45, 7) is 3.76. The molecule has 0 unspecified atom stereocenters. The third kappa shape index (κ3) is 6.40. The Morgan fingerprint density at radius 2 is 1.71 bits per heavy atom. The van der Waals surface area contributed by atoms with Crippen molar-refractivity contribution >= 4 is 5.97 Å². The number of hydrogen-bond acceptors (Lipinski definition) is 4. The normalized spacial score (nSPS) is 9.19. The first-order valence-corrected chi connectivity index (χ1v) is 6.39. The van der Waals surface area contributed by atoms with Crippen LogP contribution in [0.5, 0.6) is 5.75 Å². The van der Waals surface area contributed by atoms with E-state index in [0.29, 0.717) is 5.56 Å². The molecule has 2 rings (SSSR count). The molecule has 0 radical (unpaired) electrons. The minimum absolute atomic E-state index is 0.125. The topological polar surface area (TPSA) is 66.8 Å². The molecule has 0 aromatic heterocycles. The molecule has 0 bridgehead atoms. The lowest BCUT2D eigenvalue weighted by Crippen LogP contribution is -2.04. The van der Waals surface area contributed by atoms with E-state index in [-0.39, 0.29) is 19.0 Å². The third-order valence-corrected chi connectivity index (χ3v) is 2.46. The molecular weight excluding hydrogens is 268 g/mol. The van der Waals surface area contributed by atoms with Gasteiger partial charge in [0.05, 0.1) is 12.2 Å². The summed E-state index contributed by atoms with van der Waals surface area (Å²) in [7, 11) is 0. The summed E-state index contributed by atoms with van der Waals surface area (Å²) in [6.07, 6.45) is 1.50. The van der Waals surface area contributed by atoms with E-state index in [0.717, 1.165) is 5.56 Å². The van der Waals surface area contributed by atoms with E-state index < -0.39 is 5.97 Å². The maximum atomic E-state index is 11.2. The zero-order valence-corrected chi connectivity index (χ0v) is 11.6. The van der Waals surface area contributed by atoms with Crippen molar-refractivity contribution in [3.63, 3.8) is 0 Å². The minimum atomic E-state index is -0.417. The maximum Gasteiger partial charge on any atom is 0.338 e. The van der Waals surface area contributed by atoms with Gasteiger partial charge in [-0.1, -0.05) is 43.0 Å². The predicted molar refractivity (Wildman–Crippen MR) is 81.0 cm³/mol. The fourth-order valence-corrected chi connectivity index (χ4v) is 1.40. The highest BCUT2D eigenvalue weighted by Gasteiger charge is 2.04. The molecule has 0 atom stereocenters. The number of aliphatic hydroxyl groups excluding tert-OH is 1. The molecule has 0 aliphatic heterocycles. The second-order valence-electron chi connectivity index (χ2n) is 4.08. The zero-order valence-electron chi connectivity index (χ0n) is 11.6. The van der Waals surface area contributed by atoms with E-state index in [9.17, 15) is 4.79 Å². The Morgan fingerprint density at radius 3 is 2.19 bits per heavy atom. The molecule has 0 amide bonds. The summed E-state index contributed by atoms with van der Waals surface area (Å²) in [4.78, 5) is 11.2. The first-order chi connectivity index (χ1) is 10.2. The van der Waals surface area contributed by atoms with Crippen LogP contribution in [0.2, 0.25) is 0 Å². The van der Waals surface area contributed by atoms with Gasteiger partial charge >= 0.3 is 5.97 Å². The van der Waals surface area contributed by atoms with Crippen molar-refractivity contribution in [2.24, 2.45) is 0 Å². The van der Waals surface area contributed by atoms with E-state index in [1.165, 1.54) is 30.3 Å². The Kier molecular flexibility index (Phi) is 7.32. The van der Waals surface area contributed by atoms with Crippen molar-refractivity contribution in [2.75, 3.05) is 6.61 Å². The van der Waals surface area contributed by atoms with Gasteiger partial charge in [-0.25, -0.2) is 4.79 Å². The molecule has 2 N–H and O–H groups in total. The molecule has 0 saturated heterocycles. The summed E-state index contributed by atoms with van der Waals surface area (Å²) in [5, 5.41) is 17.5. The first kappa shape index (κ1) is 16.5. The van der Waals surface area contributed by atoms with Crippen molar-refractivity contribution in [1.29, 1.82) is 0 Å². The second-order valence-corrected chi connectivity index (χ2v) is 4.08. The van der Waals surface area contributed by atoms with Gasteiger partial charge in [-0.3, -0.25) is 0 Å². The third-order valence-electron chi connectivity index (χ3n) is 2.46. The Morgan fingerprint density at radius 1 is 1.10 bits per heavy atom. The molecule has 4 nitrogen and oxygen atoms in total. The quantitative estimate of drug-likeness (QED) is 0.670. The van der Waals surface area contributed by atoms with Crippen molar-refractivity contribution in [1.82, 2.24) is 0 Å². The number of aliphatic hydroxyl groups is 1. The van der Waals surface area contributed by atoms with Crippen LogP contribution in [0, 0.1) is 0 Å². The van der Waals surface area contributed by atoms with Crippen LogP contribution < -0.4 is 0 Å². The number of phenols is 1. The predicted octanol–water partition coefficient (Wildman–Crippen LogP) is 2.91. The number of rotatable bonds is 4. The van der Waals surface area contributed by atoms with Gasteiger partial charge in [-0.15, -0.1) is 0 Å². The standard InChI is InChI=1S/C10H10O3.C7H8O/c1-2-7-13-10(12)8-3-5-9(11)6-4-8;8-6-7-4-2-1-3-5-7/h2-6,11H,1,7H2;1-5,8H,6H2. The molecule has 0 saturated carbocycles. The van der Waals surface area contributed by atoms with Crippen molar-refractivity contribution in [3.05, 3.63) is 78.4 Å². The maximum absolute atomic E-state index is 11.2. The summed E-state index contributed by atoms with van der Waals surface area (Å²) < 4.78 is 4.78. The first-order valence-electron chi connectivity index (χ1n) is 6.39. The minimum Gasteiger partial charge on any atom is -0.508 e. The van der Waals surface area contributed by atoms with Gasteiger partial charge in [0.2, 0.25) is 0 Å². The highest BCUT2D eigenvalue weighted by Crippen LogP contribution is 2.10. The lowest BCUT2D eigenvalue weighted by molar-refractivity contribution is 0.0549. The number of carbonyl (C=O) groups is 1. The van der Waals surface area contributed by atoms with E-state index in [2.05, 4.69) is 6.58 Å². The SMILES string of the molecule is C=CCOC(=O)c1ccc(O)cc1.OCc1ccccc1. The van der Waals surface area contributed by atoms with Crippen LogP contribution in [0.25, 0.3) is 0 Å². The zero-order chi connectivity index (χ0) is 15.5. The molecule has 21 heavy (non-hydrogen) atoms. The molecular formula is C17H18O4. The summed E-state index contributed by atoms with van der Waals surface area (Å²) >= 11 is 0. The highest BCUT2D eigenvalue weighted by atomic mass is 16.5. The monoisotopic (exact) mass is 286 g/mol. The van der Waals surface area contributed by atoms with Gasteiger partial charge in [-0.2, -0.15) is 0 Å². The van der Waals surface area contributed by atoms with E-state index in [1.54, 1.807) is 0 Å². The van der Waals surface area contributed by atoms with Gasteiger partial charge in [0.1, 0.15) is 12.4 Å². The lowest BCUT2D eigenvalue weighted by atomic mass is 10.2.